The van der Waals surface area contributed by atoms with Crippen molar-refractivity contribution in [1.29, 1.82) is 0 Å². The van der Waals surface area contributed by atoms with Crippen LogP contribution in [-0.2, 0) is 26.5 Å². The van der Waals surface area contributed by atoms with Crippen LogP contribution in [0.1, 0.15) is 77.3 Å². The fourth-order valence-electron chi connectivity index (χ4n) is 8.17. The van der Waals surface area contributed by atoms with Crippen LogP contribution in [0.2, 0.25) is 0 Å². The standard InChI is InChI=1S/C34H26NO.C17H20N.Ir/c1-2-5-28-25(4-1)12-13-30-29-6-3-7-31(34(29)36-33(28)30)32-20-26(14-15-35-32)23-8-10-24(11-9-23)27-18-21-16-22(17-21)19-27;1-13-5-8-15(9-6-13)16-10-7-14(12-18-16)11-17(2,3)4;/h1-6,8-15,20-22,27H,16-19H2;5-8,10,12H,11H2,1-4H3;/q2*-1;/i27D;1D3,11D2;. The Morgan fingerprint density at radius 1 is 0.764 bits per heavy atom. The molecular weight excluding hydrogens is 849 g/mol. The van der Waals surface area contributed by atoms with E-state index in [-0.39, 0.29) is 25.7 Å². The monoisotopic (exact) mass is 901 g/mol. The van der Waals surface area contributed by atoms with Gasteiger partial charge in [0.1, 0.15) is 5.58 Å². The fourth-order valence-corrected chi connectivity index (χ4v) is 8.17. The molecule has 5 aromatic carbocycles. The van der Waals surface area contributed by atoms with Crippen molar-refractivity contribution in [3.63, 3.8) is 0 Å². The molecule has 3 fully saturated rings. The third-order valence-corrected chi connectivity index (χ3v) is 10.7. The van der Waals surface area contributed by atoms with Gasteiger partial charge in [-0.25, -0.2) is 0 Å². The first kappa shape index (κ1) is 30.3. The van der Waals surface area contributed by atoms with Gasteiger partial charge in [-0.05, 0) is 100 Å². The van der Waals surface area contributed by atoms with Crippen LogP contribution >= 0.6 is 0 Å². The molecule has 3 aromatic heterocycles. The summed E-state index contributed by atoms with van der Waals surface area (Å²) in [6, 6.07) is 44.0. The molecule has 0 saturated heterocycles. The summed E-state index contributed by atoms with van der Waals surface area (Å²) >= 11 is 0. The van der Waals surface area contributed by atoms with Gasteiger partial charge in [0.05, 0.1) is 5.58 Å². The van der Waals surface area contributed by atoms with Crippen molar-refractivity contribution in [2.45, 2.75) is 65.6 Å². The van der Waals surface area contributed by atoms with Crippen LogP contribution in [0.15, 0.2) is 132 Å². The minimum atomic E-state index is -2.14. The molecule has 0 atom stereocenters. The molecule has 3 heterocycles. The summed E-state index contributed by atoms with van der Waals surface area (Å²) in [5.74, 6) is 1.10. The number of aromatic nitrogens is 2. The average Bonchev–Trinajstić information content (AvgIpc) is 3.63. The van der Waals surface area contributed by atoms with Crippen LogP contribution in [0.5, 0.6) is 0 Å². The molecule has 0 N–H and O–H groups in total. The maximum atomic E-state index is 9.09. The zero-order valence-corrected chi connectivity index (χ0v) is 33.6. The van der Waals surface area contributed by atoms with E-state index < -0.39 is 24.5 Å². The predicted octanol–water partition coefficient (Wildman–Crippen LogP) is 13.6. The molecule has 0 amide bonds. The Kier molecular flexibility index (Phi) is 8.46. The molecule has 277 valence electrons. The molecule has 3 nitrogen and oxygen atoms in total. The van der Waals surface area contributed by atoms with Crippen LogP contribution in [-0.4, -0.2) is 9.97 Å². The van der Waals surface area contributed by atoms with Gasteiger partial charge in [-0.1, -0.05) is 117 Å². The van der Waals surface area contributed by atoms with Crippen LogP contribution in [0.3, 0.4) is 0 Å². The zero-order chi connectivity index (χ0) is 42.0. The molecule has 3 aliphatic carbocycles. The van der Waals surface area contributed by atoms with Crippen LogP contribution in [0.4, 0.5) is 0 Å². The molecule has 0 aliphatic heterocycles. The van der Waals surface area contributed by atoms with E-state index in [0.29, 0.717) is 16.8 Å². The second-order valence-electron chi connectivity index (χ2n) is 15.9. The van der Waals surface area contributed by atoms with Crippen molar-refractivity contribution in [3.05, 3.63) is 156 Å². The number of aryl methyl sites for hydroxylation is 1. The zero-order valence-electron chi connectivity index (χ0n) is 37.2. The SMILES string of the molecule is [2H]C([2H])([2H])c1c[c-]c(-c2ccc(C([2H])([2H])C(C)(C)C)cn2)cc1.[2H]C1(c2ccc(-c3ccnc(-c4[c-]ccc5c4oc4c6ccccc6ccc54)c3)cc2)CC2CC(C2)C1.[Ir]. The molecule has 1 radical (unpaired) electrons. The second-order valence-corrected chi connectivity index (χ2v) is 15.9. The number of hydrogen-bond donors (Lipinski definition) is 0. The first-order valence-corrected chi connectivity index (χ1v) is 18.9. The topological polar surface area (TPSA) is 38.9 Å². The van der Waals surface area contributed by atoms with Crippen LogP contribution < -0.4 is 0 Å². The maximum absolute atomic E-state index is 9.09. The number of furan rings is 1. The first-order chi connectivity index (χ1) is 28.6. The van der Waals surface area contributed by atoms with Crippen molar-refractivity contribution in [3.8, 4) is 33.6 Å². The van der Waals surface area contributed by atoms with Gasteiger partial charge in [-0.3, -0.25) is 0 Å². The Labute approximate surface area is 347 Å². The summed E-state index contributed by atoms with van der Waals surface area (Å²) in [5.41, 5.74) is 8.39. The summed E-state index contributed by atoms with van der Waals surface area (Å²) in [7, 11) is 0. The normalized spacial score (nSPS) is 21.1. The molecule has 55 heavy (non-hydrogen) atoms. The van der Waals surface area contributed by atoms with Crippen LogP contribution in [0, 0.1) is 36.2 Å². The smallest absolute Gasteiger partial charge is 0.128 e. The van der Waals surface area contributed by atoms with E-state index in [1.165, 1.54) is 30.5 Å². The van der Waals surface area contributed by atoms with Gasteiger partial charge in [-0.15, -0.1) is 53.6 Å². The Morgan fingerprint density at radius 2 is 1.56 bits per heavy atom. The molecule has 11 rings (SSSR count). The summed E-state index contributed by atoms with van der Waals surface area (Å²) in [6.45, 7) is 3.40. The number of pyridine rings is 2. The number of rotatable bonds is 5. The maximum Gasteiger partial charge on any atom is 0.128 e. The Hall–Kier alpha value is -4.89. The molecule has 0 spiro atoms. The molecular formula is C51H46IrN2O-2. The Morgan fingerprint density at radius 3 is 2.29 bits per heavy atom. The van der Waals surface area contributed by atoms with E-state index in [1.807, 2.05) is 33.0 Å². The molecule has 2 bridgehead atoms. The van der Waals surface area contributed by atoms with Gasteiger partial charge < -0.3 is 14.4 Å². The van der Waals surface area contributed by atoms with E-state index in [0.717, 1.165) is 79.9 Å². The number of hydrogen-bond acceptors (Lipinski definition) is 3. The van der Waals surface area contributed by atoms with Gasteiger partial charge in [0, 0.05) is 51.5 Å². The second kappa shape index (κ2) is 15.3. The largest absolute Gasteiger partial charge is 0.500 e. The van der Waals surface area contributed by atoms with Gasteiger partial charge in [0.15, 0.2) is 0 Å². The minimum absolute atomic E-state index is 0. The van der Waals surface area contributed by atoms with Gasteiger partial charge in [-0.2, -0.15) is 0 Å². The van der Waals surface area contributed by atoms with Crippen LogP contribution in [0.25, 0.3) is 66.4 Å². The third-order valence-electron chi connectivity index (χ3n) is 10.7. The van der Waals surface area contributed by atoms with E-state index in [9.17, 15) is 0 Å². The fraction of sp³-hybridized carbons (Fsp3) is 0.255. The number of benzene rings is 5. The van der Waals surface area contributed by atoms with Crippen molar-refractivity contribution >= 4 is 32.7 Å². The third kappa shape index (κ3) is 7.81. The van der Waals surface area contributed by atoms with Gasteiger partial charge in [0.25, 0.3) is 0 Å². The van der Waals surface area contributed by atoms with Crippen molar-refractivity contribution in [2.75, 3.05) is 0 Å². The van der Waals surface area contributed by atoms with Gasteiger partial charge >= 0.3 is 0 Å². The molecule has 4 heteroatoms. The molecule has 0 unspecified atom stereocenters. The molecule has 3 saturated carbocycles. The van der Waals surface area contributed by atoms with Crippen molar-refractivity contribution < 1.29 is 32.7 Å². The molecule has 8 aromatic rings. The summed E-state index contributed by atoms with van der Waals surface area (Å²) in [4.78, 5) is 9.02. The van der Waals surface area contributed by atoms with Gasteiger partial charge in [0.2, 0.25) is 0 Å². The predicted molar refractivity (Wildman–Crippen MR) is 223 cm³/mol. The average molecular weight is 901 g/mol. The Bertz CT molecular complexity index is 2830. The van der Waals surface area contributed by atoms with E-state index in [1.54, 1.807) is 24.3 Å². The van der Waals surface area contributed by atoms with E-state index >= 15 is 0 Å². The molecule has 3 aliphatic rings. The Balaban J connectivity index is 0.000000186. The number of fused-ring (bicyclic) bond motifs is 7. The van der Waals surface area contributed by atoms with Crippen molar-refractivity contribution in [1.82, 2.24) is 9.97 Å². The van der Waals surface area contributed by atoms with E-state index in [4.69, 9.17) is 17.6 Å². The number of nitrogens with zero attached hydrogens (tertiary/aromatic N) is 2. The summed E-state index contributed by atoms with van der Waals surface area (Å²) < 4.78 is 54.2. The summed E-state index contributed by atoms with van der Waals surface area (Å²) in [6.07, 6.45) is 6.60. The first-order valence-electron chi connectivity index (χ1n) is 21.9. The summed E-state index contributed by atoms with van der Waals surface area (Å²) in [5, 5.41) is 4.48. The van der Waals surface area contributed by atoms with E-state index in [2.05, 4.69) is 96.0 Å². The minimum Gasteiger partial charge on any atom is -0.500 e. The van der Waals surface area contributed by atoms with Crippen molar-refractivity contribution in [2.24, 2.45) is 17.3 Å². The quantitative estimate of drug-likeness (QED) is 0.162.